The van der Waals surface area contributed by atoms with Crippen LogP contribution in [0.2, 0.25) is 5.02 Å². The maximum Gasteiger partial charge on any atom is 0.145 e. The molecule has 1 saturated heterocycles. The maximum atomic E-state index is 6.84. The number of hydrogen-bond donors (Lipinski definition) is 3. The number of aromatic nitrogens is 3. The summed E-state index contributed by atoms with van der Waals surface area (Å²) in [6.07, 6.45) is 11.1. The van der Waals surface area contributed by atoms with Crippen molar-refractivity contribution in [3.05, 3.63) is 35.4 Å². The van der Waals surface area contributed by atoms with Crippen molar-refractivity contribution in [1.82, 2.24) is 20.3 Å². The van der Waals surface area contributed by atoms with Crippen LogP contribution in [0.4, 0.5) is 5.82 Å². The van der Waals surface area contributed by atoms with Crippen molar-refractivity contribution in [3.63, 3.8) is 0 Å². The number of ether oxygens (including phenoxy) is 2. The number of nitrogens with two attached hydrogens (primary N) is 1. The van der Waals surface area contributed by atoms with Crippen molar-refractivity contribution < 1.29 is 9.47 Å². The fourth-order valence-electron chi connectivity index (χ4n) is 4.65. The molecule has 4 rings (SSSR count). The molecule has 1 aliphatic heterocycles. The van der Waals surface area contributed by atoms with Gasteiger partial charge in [-0.15, -0.1) is 0 Å². The first-order chi connectivity index (χ1) is 16.1. The normalized spacial score (nSPS) is 24.0. The van der Waals surface area contributed by atoms with Crippen LogP contribution in [-0.2, 0) is 15.0 Å². The number of hydrogen-bond acceptors (Lipinski definition) is 8. The van der Waals surface area contributed by atoms with Crippen molar-refractivity contribution in [2.75, 3.05) is 45.3 Å². The minimum Gasteiger partial charge on any atom is -0.383 e. The zero-order valence-corrected chi connectivity index (χ0v) is 20.1. The summed E-state index contributed by atoms with van der Waals surface area (Å²) in [4.78, 5) is 13.8. The summed E-state index contributed by atoms with van der Waals surface area (Å²) in [5, 5.41) is 7.52. The van der Waals surface area contributed by atoms with Crippen molar-refractivity contribution >= 4 is 17.4 Å². The van der Waals surface area contributed by atoms with Crippen LogP contribution in [0.5, 0.6) is 0 Å². The fraction of sp³-hybridized carbons (Fsp3) is 0.625. The summed E-state index contributed by atoms with van der Waals surface area (Å²) in [5.74, 6) is 1.34. The average molecular weight is 475 g/mol. The van der Waals surface area contributed by atoms with Crippen LogP contribution in [0.15, 0.2) is 24.7 Å². The van der Waals surface area contributed by atoms with Gasteiger partial charge in [-0.05, 0) is 50.5 Å². The molecule has 9 heteroatoms. The molecule has 0 bridgehead atoms. The molecule has 1 aliphatic carbocycles. The van der Waals surface area contributed by atoms with Crippen LogP contribution in [-0.4, -0.2) is 61.0 Å². The molecule has 8 nitrogen and oxygen atoms in total. The summed E-state index contributed by atoms with van der Waals surface area (Å²) in [6, 6.07) is 2.46. The molecule has 180 valence electrons. The van der Waals surface area contributed by atoms with Gasteiger partial charge < -0.3 is 25.8 Å². The van der Waals surface area contributed by atoms with E-state index in [9.17, 15) is 0 Å². The van der Waals surface area contributed by atoms with E-state index in [-0.39, 0.29) is 0 Å². The van der Waals surface area contributed by atoms with Crippen LogP contribution in [0.3, 0.4) is 0 Å². The molecule has 0 radical (unpaired) electrons. The van der Waals surface area contributed by atoms with Crippen LogP contribution in [0.1, 0.15) is 44.2 Å². The highest BCUT2D eigenvalue weighted by molar-refractivity contribution is 6.33. The fourth-order valence-corrected chi connectivity index (χ4v) is 4.85. The highest BCUT2D eigenvalue weighted by Gasteiger charge is 2.34. The van der Waals surface area contributed by atoms with Crippen molar-refractivity contribution in [2.24, 2.45) is 11.7 Å². The largest absolute Gasteiger partial charge is 0.383 e. The molecule has 2 fully saturated rings. The monoisotopic (exact) mass is 474 g/mol. The van der Waals surface area contributed by atoms with Gasteiger partial charge in [0.05, 0.1) is 40.9 Å². The standard InChI is InChI=1S/C24H35ClN6O2/c1-32-11-8-28-18-2-6-24(26,7-3-18)22-12-19(20(25)14-29-22)21-15-27-16-23(31-21)30-13-17-4-9-33-10-5-17/h12,14-18,28H,2-11,13,26H2,1H3,(H,30,31). The second-order valence-corrected chi connectivity index (χ2v) is 9.56. The molecule has 2 aliphatic rings. The summed E-state index contributed by atoms with van der Waals surface area (Å²) < 4.78 is 10.6. The molecule has 0 aromatic carbocycles. The summed E-state index contributed by atoms with van der Waals surface area (Å²) >= 11 is 6.53. The quantitative estimate of drug-likeness (QED) is 0.475. The number of nitrogens with zero attached hydrogens (tertiary/aromatic N) is 3. The van der Waals surface area contributed by atoms with E-state index in [2.05, 4.69) is 20.6 Å². The van der Waals surface area contributed by atoms with E-state index < -0.39 is 5.54 Å². The Morgan fingerprint density at radius 1 is 1.18 bits per heavy atom. The van der Waals surface area contributed by atoms with E-state index in [0.717, 1.165) is 94.2 Å². The van der Waals surface area contributed by atoms with Crippen molar-refractivity contribution in [1.29, 1.82) is 0 Å². The first-order valence-electron chi connectivity index (χ1n) is 11.9. The molecule has 2 aromatic heterocycles. The molecular formula is C24H35ClN6O2. The maximum absolute atomic E-state index is 6.84. The van der Waals surface area contributed by atoms with E-state index in [1.54, 1.807) is 25.7 Å². The van der Waals surface area contributed by atoms with E-state index >= 15 is 0 Å². The number of pyridine rings is 1. The number of methoxy groups -OCH3 is 1. The zero-order valence-electron chi connectivity index (χ0n) is 19.4. The Kier molecular flexibility index (Phi) is 8.49. The number of nitrogens with one attached hydrogen (secondary N) is 2. The SMILES string of the molecule is COCCNC1CCC(N)(c2cc(-c3cncc(NCC4CCOCC4)n3)c(Cl)cn2)CC1. The number of anilines is 1. The van der Waals surface area contributed by atoms with Gasteiger partial charge in [0.1, 0.15) is 5.82 Å². The Morgan fingerprint density at radius 3 is 2.73 bits per heavy atom. The van der Waals surface area contributed by atoms with Crippen LogP contribution < -0.4 is 16.4 Å². The molecule has 4 N–H and O–H groups in total. The van der Waals surface area contributed by atoms with Crippen LogP contribution in [0.25, 0.3) is 11.3 Å². The van der Waals surface area contributed by atoms with Gasteiger partial charge in [0, 0.05) is 51.2 Å². The topological polar surface area (TPSA) is 107 Å². The second kappa shape index (κ2) is 11.5. The van der Waals surface area contributed by atoms with E-state index in [1.165, 1.54) is 0 Å². The van der Waals surface area contributed by atoms with E-state index in [1.807, 2.05) is 6.07 Å². The Morgan fingerprint density at radius 2 is 1.97 bits per heavy atom. The van der Waals surface area contributed by atoms with Gasteiger partial charge >= 0.3 is 0 Å². The third kappa shape index (κ3) is 6.39. The van der Waals surface area contributed by atoms with Gasteiger partial charge in [-0.2, -0.15) is 0 Å². The number of halogens is 1. The Balaban J connectivity index is 1.44. The third-order valence-corrected chi connectivity index (χ3v) is 7.11. The van der Waals surface area contributed by atoms with Gasteiger partial charge in [-0.1, -0.05) is 11.6 Å². The second-order valence-electron chi connectivity index (χ2n) is 9.15. The zero-order chi connectivity index (χ0) is 23.1. The molecule has 0 spiro atoms. The summed E-state index contributed by atoms with van der Waals surface area (Å²) in [7, 11) is 1.72. The molecule has 2 aromatic rings. The van der Waals surface area contributed by atoms with Gasteiger partial charge in [0.2, 0.25) is 0 Å². The smallest absolute Gasteiger partial charge is 0.145 e. The van der Waals surface area contributed by atoms with Crippen LogP contribution in [0, 0.1) is 5.92 Å². The van der Waals surface area contributed by atoms with E-state index in [0.29, 0.717) is 17.0 Å². The lowest BCUT2D eigenvalue weighted by atomic mass is 9.77. The lowest BCUT2D eigenvalue weighted by molar-refractivity contribution is 0.0699. The predicted molar refractivity (Wildman–Crippen MR) is 130 cm³/mol. The molecular weight excluding hydrogens is 440 g/mol. The van der Waals surface area contributed by atoms with Crippen molar-refractivity contribution in [2.45, 2.75) is 50.1 Å². The lowest BCUT2D eigenvalue weighted by Gasteiger charge is -2.37. The summed E-state index contributed by atoms with van der Waals surface area (Å²) in [5.41, 5.74) is 8.77. The highest BCUT2D eigenvalue weighted by atomic mass is 35.5. The Bertz CT molecular complexity index is 900. The molecule has 33 heavy (non-hydrogen) atoms. The minimum absolute atomic E-state index is 0.466. The van der Waals surface area contributed by atoms with Gasteiger partial charge in [-0.25, -0.2) is 4.98 Å². The van der Waals surface area contributed by atoms with E-state index in [4.69, 9.17) is 31.8 Å². The van der Waals surface area contributed by atoms with Gasteiger partial charge in [-0.3, -0.25) is 9.97 Å². The lowest BCUT2D eigenvalue weighted by Crippen LogP contribution is -2.46. The first-order valence-corrected chi connectivity index (χ1v) is 12.3. The highest BCUT2D eigenvalue weighted by Crippen LogP contribution is 2.37. The molecule has 0 atom stereocenters. The van der Waals surface area contributed by atoms with Gasteiger partial charge in [0.25, 0.3) is 0 Å². The van der Waals surface area contributed by atoms with Crippen molar-refractivity contribution in [3.8, 4) is 11.3 Å². The third-order valence-electron chi connectivity index (χ3n) is 6.81. The summed E-state index contributed by atoms with van der Waals surface area (Å²) in [6.45, 7) is 4.11. The first kappa shape index (κ1) is 24.3. The molecule has 0 amide bonds. The molecule has 1 saturated carbocycles. The molecule has 0 unspecified atom stereocenters. The predicted octanol–water partition coefficient (Wildman–Crippen LogP) is 3.36. The number of rotatable bonds is 9. The molecule has 3 heterocycles. The minimum atomic E-state index is -0.467. The van der Waals surface area contributed by atoms with Crippen LogP contribution >= 0.6 is 11.6 Å². The Labute approximate surface area is 201 Å². The average Bonchev–Trinajstić information content (AvgIpc) is 2.85. The van der Waals surface area contributed by atoms with Gasteiger partial charge in [0.15, 0.2) is 0 Å². The Hall–Kier alpha value is -1.84.